The molecule has 1 aromatic heterocycles. The molecule has 0 aliphatic carbocycles. The van der Waals surface area contributed by atoms with Gasteiger partial charge >= 0.3 is 0 Å². The average molecular weight is 287 g/mol. The molecule has 2 rings (SSSR count). The van der Waals surface area contributed by atoms with Gasteiger partial charge in [-0.2, -0.15) is 0 Å². The molecule has 0 aliphatic heterocycles. The summed E-state index contributed by atoms with van der Waals surface area (Å²) in [7, 11) is 0. The Kier molecular flexibility index (Phi) is 5.17. The minimum absolute atomic E-state index is 0.0647. The number of rotatable bonds is 6. The number of benzene rings is 1. The summed E-state index contributed by atoms with van der Waals surface area (Å²) in [6.07, 6.45) is 2.55. The molecule has 2 aromatic rings. The summed E-state index contributed by atoms with van der Waals surface area (Å²) in [6.45, 7) is 6.38. The van der Waals surface area contributed by atoms with E-state index in [1.165, 1.54) is 0 Å². The Balaban J connectivity index is 2.29. The monoisotopic (exact) mass is 287 g/mol. The summed E-state index contributed by atoms with van der Waals surface area (Å²) in [5, 5.41) is 10.6. The summed E-state index contributed by atoms with van der Waals surface area (Å²) in [4.78, 5) is 4.13. The summed E-state index contributed by atoms with van der Waals surface area (Å²) >= 11 is 0. The van der Waals surface area contributed by atoms with E-state index in [0.717, 1.165) is 5.56 Å². The van der Waals surface area contributed by atoms with Crippen LogP contribution >= 0.6 is 0 Å². The largest absolute Gasteiger partial charge is 0.493 e. The molecule has 4 heteroatoms. The van der Waals surface area contributed by atoms with Crippen LogP contribution in [0.5, 0.6) is 11.5 Å². The maximum atomic E-state index is 10.6. The van der Waals surface area contributed by atoms with Crippen molar-refractivity contribution in [2.75, 3.05) is 6.61 Å². The quantitative estimate of drug-likeness (QED) is 0.885. The fraction of sp³-hybridized carbons (Fsp3) is 0.353. The first-order valence-electron chi connectivity index (χ1n) is 7.13. The highest BCUT2D eigenvalue weighted by Gasteiger charge is 2.16. The van der Waals surface area contributed by atoms with Crippen molar-refractivity contribution < 1.29 is 14.6 Å². The molecule has 0 aliphatic rings. The second-order valence-electron chi connectivity index (χ2n) is 4.99. The zero-order valence-corrected chi connectivity index (χ0v) is 12.6. The third-order valence-corrected chi connectivity index (χ3v) is 2.94. The fourth-order valence-corrected chi connectivity index (χ4v) is 2.09. The number of nitrogens with zero attached hydrogens (tertiary/aromatic N) is 1. The van der Waals surface area contributed by atoms with Crippen LogP contribution in [0.3, 0.4) is 0 Å². The molecule has 4 nitrogen and oxygen atoms in total. The van der Waals surface area contributed by atoms with Gasteiger partial charge in [-0.15, -0.1) is 0 Å². The van der Waals surface area contributed by atoms with E-state index in [0.29, 0.717) is 23.7 Å². The van der Waals surface area contributed by atoms with Gasteiger partial charge in [-0.25, -0.2) is 0 Å². The molecule has 21 heavy (non-hydrogen) atoms. The first-order chi connectivity index (χ1) is 10.1. The lowest BCUT2D eigenvalue weighted by Crippen LogP contribution is -2.08. The minimum Gasteiger partial charge on any atom is -0.493 e. The van der Waals surface area contributed by atoms with Crippen LogP contribution in [0.25, 0.3) is 0 Å². The van der Waals surface area contributed by atoms with E-state index in [-0.39, 0.29) is 6.10 Å². The third-order valence-electron chi connectivity index (χ3n) is 2.94. The van der Waals surface area contributed by atoms with Crippen LogP contribution in [0, 0.1) is 0 Å². The third kappa shape index (κ3) is 3.95. The van der Waals surface area contributed by atoms with Crippen molar-refractivity contribution in [1.29, 1.82) is 0 Å². The molecule has 1 aromatic carbocycles. The molecule has 0 bridgehead atoms. The van der Waals surface area contributed by atoms with E-state index < -0.39 is 6.10 Å². The minimum atomic E-state index is -0.795. The molecule has 0 spiro atoms. The van der Waals surface area contributed by atoms with Crippen molar-refractivity contribution in [2.24, 2.45) is 0 Å². The van der Waals surface area contributed by atoms with Crippen LogP contribution in [-0.4, -0.2) is 22.8 Å². The number of aromatic nitrogens is 1. The van der Waals surface area contributed by atoms with Gasteiger partial charge in [-0.05, 0) is 32.9 Å². The lowest BCUT2D eigenvalue weighted by atomic mass is 10.0. The standard InChI is InChI=1S/C17H21NO3/c1-4-20-16-8-6-5-7-15(16)17(19)13-9-14(11-18-10-13)21-12(2)3/h5-12,17,19H,4H2,1-3H3. The zero-order valence-electron chi connectivity index (χ0n) is 12.6. The predicted molar refractivity (Wildman–Crippen MR) is 81.7 cm³/mol. The maximum absolute atomic E-state index is 10.6. The Morgan fingerprint density at radius 3 is 2.67 bits per heavy atom. The Bertz CT molecular complexity index is 584. The van der Waals surface area contributed by atoms with Crippen molar-refractivity contribution in [1.82, 2.24) is 4.98 Å². The zero-order chi connectivity index (χ0) is 15.2. The predicted octanol–water partition coefficient (Wildman–Crippen LogP) is 3.35. The molecule has 1 unspecified atom stereocenters. The van der Waals surface area contributed by atoms with E-state index in [2.05, 4.69) is 4.98 Å². The van der Waals surface area contributed by atoms with Gasteiger partial charge in [-0.3, -0.25) is 4.98 Å². The van der Waals surface area contributed by atoms with E-state index in [9.17, 15) is 5.11 Å². The molecule has 0 saturated heterocycles. The molecular weight excluding hydrogens is 266 g/mol. The van der Waals surface area contributed by atoms with Crippen LogP contribution in [0.4, 0.5) is 0 Å². The van der Waals surface area contributed by atoms with E-state index >= 15 is 0 Å². The number of para-hydroxylation sites is 1. The first-order valence-corrected chi connectivity index (χ1v) is 7.13. The number of aliphatic hydroxyl groups excluding tert-OH is 1. The number of hydrogen-bond acceptors (Lipinski definition) is 4. The Morgan fingerprint density at radius 2 is 1.95 bits per heavy atom. The van der Waals surface area contributed by atoms with Gasteiger partial charge in [0.15, 0.2) is 0 Å². The van der Waals surface area contributed by atoms with Gasteiger partial charge in [0.2, 0.25) is 0 Å². The molecule has 1 atom stereocenters. The normalized spacial score (nSPS) is 12.2. The smallest absolute Gasteiger partial charge is 0.138 e. The van der Waals surface area contributed by atoms with Crippen molar-refractivity contribution in [3.63, 3.8) is 0 Å². The van der Waals surface area contributed by atoms with Gasteiger partial charge < -0.3 is 14.6 Å². The van der Waals surface area contributed by atoms with E-state index in [1.54, 1.807) is 18.5 Å². The Labute approximate surface area is 125 Å². The molecule has 0 amide bonds. The molecule has 0 saturated carbocycles. The summed E-state index contributed by atoms with van der Waals surface area (Å²) < 4.78 is 11.2. The van der Waals surface area contributed by atoms with Gasteiger partial charge in [0, 0.05) is 17.3 Å². The number of hydrogen-bond donors (Lipinski definition) is 1. The first kappa shape index (κ1) is 15.3. The van der Waals surface area contributed by atoms with E-state index in [4.69, 9.17) is 9.47 Å². The highest BCUT2D eigenvalue weighted by atomic mass is 16.5. The van der Waals surface area contributed by atoms with Gasteiger partial charge in [-0.1, -0.05) is 18.2 Å². The van der Waals surface area contributed by atoms with Crippen molar-refractivity contribution in [2.45, 2.75) is 33.0 Å². The summed E-state index contributed by atoms with van der Waals surface area (Å²) in [5.41, 5.74) is 1.41. The van der Waals surface area contributed by atoms with E-state index in [1.807, 2.05) is 45.0 Å². The van der Waals surface area contributed by atoms with Gasteiger partial charge in [0.05, 0.1) is 18.9 Å². The molecule has 1 heterocycles. The van der Waals surface area contributed by atoms with Crippen molar-refractivity contribution in [3.8, 4) is 11.5 Å². The topological polar surface area (TPSA) is 51.6 Å². The van der Waals surface area contributed by atoms with Crippen LogP contribution in [0.1, 0.15) is 38.0 Å². The molecular formula is C17H21NO3. The lowest BCUT2D eigenvalue weighted by Gasteiger charge is -2.17. The Morgan fingerprint density at radius 1 is 1.19 bits per heavy atom. The van der Waals surface area contributed by atoms with Crippen molar-refractivity contribution >= 4 is 0 Å². The van der Waals surface area contributed by atoms with Crippen LogP contribution in [-0.2, 0) is 0 Å². The van der Waals surface area contributed by atoms with Gasteiger partial charge in [0.1, 0.15) is 17.6 Å². The lowest BCUT2D eigenvalue weighted by molar-refractivity contribution is 0.208. The molecule has 112 valence electrons. The summed E-state index contributed by atoms with van der Waals surface area (Å²) in [6, 6.07) is 9.27. The second kappa shape index (κ2) is 7.09. The van der Waals surface area contributed by atoms with Crippen molar-refractivity contribution in [3.05, 3.63) is 53.9 Å². The molecule has 0 radical (unpaired) electrons. The number of aliphatic hydroxyl groups is 1. The fourth-order valence-electron chi connectivity index (χ4n) is 2.09. The highest BCUT2D eigenvalue weighted by molar-refractivity contribution is 5.41. The highest BCUT2D eigenvalue weighted by Crippen LogP contribution is 2.31. The summed E-state index contributed by atoms with van der Waals surface area (Å²) in [5.74, 6) is 1.33. The maximum Gasteiger partial charge on any atom is 0.138 e. The average Bonchev–Trinajstić information content (AvgIpc) is 2.47. The van der Waals surface area contributed by atoms with Crippen LogP contribution in [0.15, 0.2) is 42.7 Å². The number of ether oxygens (including phenoxy) is 2. The van der Waals surface area contributed by atoms with Gasteiger partial charge in [0.25, 0.3) is 0 Å². The molecule has 1 N–H and O–H groups in total. The number of pyridine rings is 1. The SMILES string of the molecule is CCOc1ccccc1C(O)c1cncc(OC(C)C)c1. The van der Waals surface area contributed by atoms with Crippen LogP contribution < -0.4 is 9.47 Å². The Hall–Kier alpha value is -2.07. The molecule has 0 fully saturated rings. The second-order valence-corrected chi connectivity index (χ2v) is 4.99. The van der Waals surface area contributed by atoms with Crippen LogP contribution in [0.2, 0.25) is 0 Å².